The Hall–Kier alpha value is -2.59. The predicted octanol–water partition coefficient (Wildman–Crippen LogP) is 6.07. The first kappa shape index (κ1) is 16.3. The molecule has 0 radical (unpaired) electrons. The summed E-state index contributed by atoms with van der Waals surface area (Å²) >= 11 is 3.45. The highest BCUT2D eigenvalue weighted by atomic mass is 79.9. The number of aryl methyl sites for hydroxylation is 1. The van der Waals surface area contributed by atoms with E-state index in [9.17, 15) is 4.79 Å². The fourth-order valence-corrected chi connectivity index (χ4v) is 2.64. The molecular formula is C20H17BrN2O. The molecule has 0 aliphatic carbocycles. The lowest BCUT2D eigenvalue weighted by Gasteiger charge is -2.09. The maximum atomic E-state index is 12.1. The van der Waals surface area contributed by atoms with Crippen LogP contribution in [0, 0.1) is 6.92 Å². The number of carbonyl (C=O) groups excluding carboxylic acids is 1. The van der Waals surface area contributed by atoms with Crippen molar-refractivity contribution in [3.05, 3.63) is 82.8 Å². The third kappa shape index (κ3) is 4.03. The number of anilines is 2. The lowest BCUT2D eigenvalue weighted by Crippen LogP contribution is -2.19. The van der Waals surface area contributed by atoms with Crippen LogP contribution in [0.4, 0.5) is 16.2 Å². The number of rotatable bonds is 3. The van der Waals surface area contributed by atoms with Gasteiger partial charge in [-0.15, -0.1) is 0 Å². The number of halogens is 1. The molecule has 0 aliphatic rings. The zero-order valence-corrected chi connectivity index (χ0v) is 14.8. The van der Waals surface area contributed by atoms with Crippen molar-refractivity contribution < 1.29 is 4.79 Å². The first-order valence-corrected chi connectivity index (χ1v) is 8.41. The molecule has 3 rings (SSSR count). The van der Waals surface area contributed by atoms with Gasteiger partial charge < -0.3 is 10.6 Å². The van der Waals surface area contributed by atoms with Crippen LogP contribution < -0.4 is 10.6 Å². The van der Waals surface area contributed by atoms with Crippen LogP contribution in [0.5, 0.6) is 0 Å². The van der Waals surface area contributed by atoms with Gasteiger partial charge in [0.1, 0.15) is 0 Å². The first-order chi connectivity index (χ1) is 11.6. The molecule has 2 N–H and O–H groups in total. The summed E-state index contributed by atoms with van der Waals surface area (Å²) < 4.78 is 1.02. The van der Waals surface area contributed by atoms with Crippen LogP contribution in [-0.2, 0) is 0 Å². The molecule has 0 heterocycles. The number of hydrogen-bond acceptors (Lipinski definition) is 1. The maximum Gasteiger partial charge on any atom is 0.323 e. The second kappa shape index (κ2) is 7.32. The summed E-state index contributed by atoms with van der Waals surface area (Å²) in [4.78, 5) is 12.1. The van der Waals surface area contributed by atoms with E-state index in [-0.39, 0.29) is 6.03 Å². The van der Waals surface area contributed by atoms with Crippen molar-refractivity contribution in [1.82, 2.24) is 0 Å². The quantitative estimate of drug-likeness (QED) is 0.568. The Balaban J connectivity index is 1.65. The van der Waals surface area contributed by atoms with Crippen molar-refractivity contribution in [2.75, 3.05) is 10.6 Å². The van der Waals surface area contributed by atoms with Crippen LogP contribution in [0.3, 0.4) is 0 Å². The highest BCUT2D eigenvalue weighted by molar-refractivity contribution is 9.10. The number of urea groups is 1. The molecule has 0 fully saturated rings. The van der Waals surface area contributed by atoms with Crippen LogP contribution in [0.25, 0.3) is 11.1 Å². The SMILES string of the molecule is Cc1cc(NC(=O)Nc2ccc(-c3ccccc3)cc2)ccc1Br. The first-order valence-electron chi connectivity index (χ1n) is 7.61. The third-order valence-electron chi connectivity index (χ3n) is 3.67. The minimum Gasteiger partial charge on any atom is -0.308 e. The molecule has 0 spiro atoms. The van der Waals surface area contributed by atoms with Crippen molar-refractivity contribution >= 4 is 33.3 Å². The molecule has 120 valence electrons. The van der Waals surface area contributed by atoms with E-state index < -0.39 is 0 Å². The molecule has 3 aromatic rings. The van der Waals surface area contributed by atoms with Gasteiger partial charge in [-0.05, 0) is 53.9 Å². The molecule has 2 amide bonds. The summed E-state index contributed by atoms with van der Waals surface area (Å²) in [6.07, 6.45) is 0. The largest absolute Gasteiger partial charge is 0.323 e. The van der Waals surface area contributed by atoms with Crippen molar-refractivity contribution in [3.63, 3.8) is 0 Å². The van der Waals surface area contributed by atoms with Gasteiger partial charge in [-0.3, -0.25) is 0 Å². The monoisotopic (exact) mass is 380 g/mol. The van der Waals surface area contributed by atoms with Gasteiger partial charge in [0.15, 0.2) is 0 Å². The molecule has 0 saturated heterocycles. The summed E-state index contributed by atoms with van der Waals surface area (Å²) in [5.41, 5.74) is 4.85. The smallest absolute Gasteiger partial charge is 0.308 e. The van der Waals surface area contributed by atoms with E-state index in [1.807, 2.05) is 67.6 Å². The van der Waals surface area contributed by atoms with E-state index in [4.69, 9.17) is 0 Å². The zero-order chi connectivity index (χ0) is 16.9. The van der Waals surface area contributed by atoms with Gasteiger partial charge in [0.25, 0.3) is 0 Å². The molecule has 0 unspecified atom stereocenters. The topological polar surface area (TPSA) is 41.1 Å². The van der Waals surface area contributed by atoms with Crippen molar-refractivity contribution in [1.29, 1.82) is 0 Å². The van der Waals surface area contributed by atoms with Crippen molar-refractivity contribution in [2.24, 2.45) is 0 Å². The molecule has 0 bridgehead atoms. The molecule has 0 saturated carbocycles. The molecule has 3 aromatic carbocycles. The lowest BCUT2D eigenvalue weighted by atomic mass is 10.1. The number of carbonyl (C=O) groups is 1. The van der Waals surface area contributed by atoms with Crippen LogP contribution in [0.15, 0.2) is 77.3 Å². The van der Waals surface area contributed by atoms with E-state index in [1.165, 1.54) is 0 Å². The second-order valence-corrected chi connectivity index (χ2v) is 6.34. The van der Waals surface area contributed by atoms with Gasteiger partial charge in [0.05, 0.1) is 0 Å². The average molecular weight is 381 g/mol. The maximum absolute atomic E-state index is 12.1. The summed E-state index contributed by atoms with van der Waals surface area (Å²) in [7, 11) is 0. The number of amides is 2. The molecule has 24 heavy (non-hydrogen) atoms. The minimum absolute atomic E-state index is 0.260. The Morgan fingerprint density at radius 3 is 2.04 bits per heavy atom. The highest BCUT2D eigenvalue weighted by Gasteiger charge is 2.04. The van der Waals surface area contributed by atoms with Crippen LogP contribution >= 0.6 is 15.9 Å². The number of benzene rings is 3. The average Bonchev–Trinajstić information content (AvgIpc) is 2.59. The van der Waals surface area contributed by atoms with Crippen LogP contribution in [0.1, 0.15) is 5.56 Å². The zero-order valence-electron chi connectivity index (χ0n) is 13.2. The highest BCUT2D eigenvalue weighted by Crippen LogP contribution is 2.22. The number of hydrogen-bond donors (Lipinski definition) is 2. The Morgan fingerprint density at radius 2 is 1.38 bits per heavy atom. The van der Waals surface area contributed by atoms with Gasteiger partial charge in [-0.25, -0.2) is 4.79 Å². The molecule has 4 heteroatoms. The number of nitrogens with one attached hydrogen (secondary N) is 2. The lowest BCUT2D eigenvalue weighted by molar-refractivity contribution is 0.262. The summed E-state index contributed by atoms with van der Waals surface area (Å²) in [5, 5.41) is 5.68. The standard InChI is InChI=1S/C20H17BrN2O/c1-14-13-18(11-12-19(14)21)23-20(24)22-17-9-7-16(8-10-17)15-5-3-2-4-6-15/h2-13H,1H3,(H2,22,23,24). The molecule has 3 nitrogen and oxygen atoms in total. The summed E-state index contributed by atoms with van der Waals surface area (Å²) in [6, 6.07) is 23.3. The summed E-state index contributed by atoms with van der Waals surface area (Å²) in [6.45, 7) is 1.98. The van der Waals surface area contributed by atoms with Gasteiger partial charge in [0, 0.05) is 15.8 Å². The third-order valence-corrected chi connectivity index (χ3v) is 4.56. The Kier molecular flexibility index (Phi) is 4.96. The molecule has 0 atom stereocenters. The van der Waals surface area contributed by atoms with E-state index in [1.54, 1.807) is 0 Å². The Morgan fingerprint density at radius 1 is 0.792 bits per heavy atom. The minimum atomic E-state index is -0.260. The fraction of sp³-hybridized carbons (Fsp3) is 0.0500. The van der Waals surface area contributed by atoms with Gasteiger partial charge in [0.2, 0.25) is 0 Å². The fourth-order valence-electron chi connectivity index (χ4n) is 2.39. The van der Waals surface area contributed by atoms with Crippen LogP contribution in [-0.4, -0.2) is 6.03 Å². The summed E-state index contributed by atoms with van der Waals surface area (Å²) in [5.74, 6) is 0. The van der Waals surface area contributed by atoms with Crippen LogP contribution in [0.2, 0.25) is 0 Å². The van der Waals surface area contributed by atoms with E-state index in [2.05, 4.69) is 38.7 Å². The molecule has 0 aromatic heterocycles. The Labute approximate surface area is 149 Å². The predicted molar refractivity (Wildman–Crippen MR) is 103 cm³/mol. The van der Waals surface area contributed by atoms with E-state index in [0.29, 0.717) is 0 Å². The molecular weight excluding hydrogens is 364 g/mol. The Bertz CT molecular complexity index is 845. The van der Waals surface area contributed by atoms with Gasteiger partial charge in [-0.1, -0.05) is 58.4 Å². The van der Waals surface area contributed by atoms with E-state index >= 15 is 0 Å². The van der Waals surface area contributed by atoms with E-state index in [0.717, 1.165) is 32.5 Å². The van der Waals surface area contributed by atoms with Crippen molar-refractivity contribution in [3.8, 4) is 11.1 Å². The second-order valence-electron chi connectivity index (χ2n) is 5.49. The van der Waals surface area contributed by atoms with Crippen molar-refractivity contribution in [2.45, 2.75) is 6.92 Å². The van der Waals surface area contributed by atoms with Gasteiger partial charge in [-0.2, -0.15) is 0 Å². The van der Waals surface area contributed by atoms with Gasteiger partial charge >= 0.3 is 6.03 Å². The molecule has 0 aliphatic heterocycles. The normalized spacial score (nSPS) is 10.2.